The lowest BCUT2D eigenvalue weighted by Gasteiger charge is -2.14. The van der Waals surface area contributed by atoms with Crippen LogP contribution in [0.25, 0.3) is 0 Å². The van der Waals surface area contributed by atoms with Crippen LogP contribution in [0.1, 0.15) is 52.9 Å². The van der Waals surface area contributed by atoms with Crippen LogP contribution < -0.4 is 0 Å². The highest BCUT2D eigenvalue weighted by Gasteiger charge is 2.27. The van der Waals surface area contributed by atoms with Crippen molar-refractivity contribution in [1.29, 1.82) is 0 Å². The maximum atomic E-state index is 4.34. The molecule has 0 aromatic heterocycles. The zero-order valence-electron chi connectivity index (χ0n) is 11.7. The van der Waals surface area contributed by atoms with Gasteiger partial charge in [-0.2, -0.15) is 0 Å². The summed E-state index contributed by atoms with van der Waals surface area (Å²) in [7, 11) is 0. The Morgan fingerprint density at radius 2 is 2.12 bits per heavy atom. The first-order chi connectivity index (χ1) is 8.19. The molecule has 0 saturated heterocycles. The fourth-order valence-electron chi connectivity index (χ4n) is 2.75. The molecule has 0 amide bonds. The highest BCUT2D eigenvalue weighted by atomic mass is 14.3. The first kappa shape index (κ1) is 14.0. The molecule has 0 radical (unpaired) electrons. The zero-order valence-corrected chi connectivity index (χ0v) is 11.7. The second-order valence-corrected chi connectivity index (χ2v) is 4.84. The van der Waals surface area contributed by atoms with Gasteiger partial charge in [0.2, 0.25) is 0 Å². The van der Waals surface area contributed by atoms with Gasteiger partial charge in [-0.15, -0.1) is 0 Å². The predicted octanol–water partition coefficient (Wildman–Crippen LogP) is 5.59. The number of rotatable bonds is 6. The lowest BCUT2D eigenvalue weighted by Crippen LogP contribution is -1.99. The molecule has 94 valence electrons. The average Bonchev–Trinajstić information content (AvgIpc) is 2.66. The van der Waals surface area contributed by atoms with Crippen molar-refractivity contribution in [2.75, 3.05) is 0 Å². The van der Waals surface area contributed by atoms with Crippen molar-refractivity contribution in [2.24, 2.45) is 5.92 Å². The minimum absolute atomic E-state index is 0.652. The molecule has 0 N–H and O–H groups in total. The SMILES string of the molecule is C=CC1=C(/C(=C\C)CC)C(=C)C(CCCC)C1. The lowest BCUT2D eigenvalue weighted by molar-refractivity contribution is 0.553. The minimum Gasteiger partial charge on any atom is -0.0988 e. The van der Waals surface area contributed by atoms with E-state index in [1.54, 1.807) is 0 Å². The molecular formula is C17H26. The first-order valence-electron chi connectivity index (χ1n) is 6.89. The van der Waals surface area contributed by atoms with Crippen LogP contribution in [0.4, 0.5) is 0 Å². The molecule has 0 fully saturated rings. The minimum atomic E-state index is 0.652. The first-order valence-corrected chi connectivity index (χ1v) is 6.89. The summed E-state index contributed by atoms with van der Waals surface area (Å²) >= 11 is 0. The van der Waals surface area contributed by atoms with Gasteiger partial charge in [0, 0.05) is 0 Å². The van der Waals surface area contributed by atoms with Crippen LogP contribution in [0.2, 0.25) is 0 Å². The highest BCUT2D eigenvalue weighted by Crippen LogP contribution is 2.42. The van der Waals surface area contributed by atoms with E-state index in [9.17, 15) is 0 Å². The maximum Gasteiger partial charge on any atom is -0.0121 e. The fraction of sp³-hybridized carbons (Fsp3) is 0.529. The van der Waals surface area contributed by atoms with Crippen LogP contribution in [0, 0.1) is 5.92 Å². The van der Waals surface area contributed by atoms with E-state index in [1.807, 2.05) is 6.08 Å². The van der Waals surface area contributed by atoms with Gasteiger partial charge < -0.3 is 0 Å². The van der Waals surface area contributed by atoms with E-state index in [0.717, 1.165) is 12.8 Å². The van der Waals surface area contributed by atoms with Gasteiger partial charge in [0.25, 0.3) is 0 Å². The van der Waals surface area contributed by atoms with Crippen LogP contribution in [-0.2, 0) is 0 Å². The Bertz CT molecular complexity index is 352. The van der Waals surface area contributed by atoms with E-state index in [4.69, 9.17) is 0 Å². The topological polar surface area (TPSA) is 0 Å². The molecule has 0 aromatic carbocycles. The molecule has 0 nitrogen and oxygen atoms in total. The molecule has 17 heavy (non-hydrogen) atoms. The van der Waals surface area contributed by atoms with Crippen molar-refractivity contribution in [1.82, 2.24) is 0 Å². The lowest BCUT2D eigenvalue weighted by atomic mass is 9.91. The van der Waals surface area contributed by atoms with Gasteiger partial charge in [-0.1, -0.05) is 52.0 Å². The van der Waals surface area contributed by atoms with Gasteiger partial charge in [-0.25, -0.2) is 0 Å². The summed E-state index contributed by atoms with van der Waals surface area (Å²) in [5.41, 5.74) is 5.60. The standard InChI is InChI=1S/C17H26/c1-6-10-11-16-12-15(9-4)17(13(16)5)14(7-2)8-3/h7,9,16H,4-6,8,10-12H2,1-3H3/b14-7-. The van der Waals surface area contributed by atoms with Crippen LogP contribution in [0.5, 0.6) is 0 Å². The normalized spacial score (nSPS) is 21.2. The van der Waals surface area contributed by atoms with Crippen LogP contribution in [0.3, 0.4) is 0 Å². The number of unbranched alkanes of at least 4 members (excludes halogenated alkanes) is 1. The van der Waals surface area contributed by atoms with Gasteiger partial charge in [-0.3, -0.25) is 0 Å². The average molecular weight is 230 g/mol. The van der Waals surface area contributed by atoms with Gasteiger partial charge in [0.1, 0.15) is 0 Å². The fourth-order valence-corrected chi connectivity index (χ4v) is 2.75. The Morgan fingerprint density at radius 3 is 2.59 bits per heavy atom. The summed E-state index contributed by atoms with van der Waals surface area (Å²) in [6.07, 6.45) is 10.3. The number of allylic oxidation sites excluding steroid dienone is 6. The summed E-state index contributed by atoms with van der Waals surface area (Å²) in [4.78, 5) is 0. The molecule has 1 aliphatic rings. The van der Waals surface area contributed by atoms with Crippen molar-refractivity contribution in [3.05, 3.63) is 47.6 Å². The Hall–Kier alpha value is -1.04. The van der Waals surface area contributed by atoms with Crippen LogP contribution >= 0.6 is 0 Å². The molecule has 1 unspecified atom stereocenters. The van der Waals surface area contributed by atoms with E-state index in [-0.39, 0.29) is 0 Å². The molecule has 0 heteroatoms. The maximum absolute atomic E-state index is 4.34. The van der Waals surface area contributed by atoms with Gasteiger partial charge in [0.15, 0.2) is 0 Å². The van der Waals surface area contributed by atoms with E-state index in [1.165, 1.54) is 41.6 Å². The molecule has 0 aliphatic heterocycles. The predicted molar refractivity (Wildman–Crippen MR) is 78.0 cm³/mol. The molecule has 0 saturated carbocycles. The third-order valence-electron chi connectivity index (χ3n) is 3.80. The van der Waals surface area contributed by atoms with E-state index >= 15 is 0 Å². The van der Waals surface area contributed by atoms with Crippen LogP contribution in [0.15, 0.2) is 47.6 Å². The third-order valence-corrected chi connectivity index (χ3v) is 3.80. The molecule has 1 aliphatic carbocycles. The Morgan fingerprint density at radius 1 is 1.41 bits per heavy atom. The van der Waals surface area contributed by atoms with Crippen LogP contribution in [-0.4, -0.2) is 0 Å². The largest absolute Gasteiger partial charge is 0.0988 e. The number of hydrogen-bond donors (Lipinski definition) is 0. The van der Waals surface area contributed by atoms with E-state index in [2.05, 4.69) is 40.0 Å². The van der Waals surface area contributed by atoms with Crippen molar-refractivity contribution >= 4 is 0 Å². The molecule has 0 spiro atoms. The quantitative estimate of drug-likeness (QED) is 0.558. The summed E-state index contributed by atoms with van der Waals surface area (Å²) in [5, 5.41) is 0. The summed E-state index contributed by atoms with van der Waals surface area (Å²) in [5.74, 6) is 0.652. The molecule has 0 aromatic rings. The zero-order chi connectivity index (χ0) is 12.8. The van der Waals surface area contributed by atoms with Gasteiger partial charge >= 0.3 is 0 Å². The molecule has 0 bridgehead atoms. The van der Waals surface area contributed by atoms with Gasteiger partial charge in [0.05, 0.1) is 0 Å². The molecule has 1 rings (SSSR count). The van der Waals surface area contributed by atoms with Crippen molar-refractivity contribution in [3.63, 3.8) is 0 Å². The van der Waals surface area contributed by atoms with Crippen molar-refractivity contribution in [3.8, 4) is 0 Å². The molecular weight excluding hydrogens is 204 g/mol. The monoisotopic (exact) mass is 230 g/mol. The second-order valence-electron chi connectivity index (χ2n) is 4.84. The third kappa shape index (κ3) is 3.00. The highest BCUT2D eigenvalue weighted by molar-refractivity contribution is 5.56. The van der Waals surface area contributed by atoms with Gasteiger partial charge in [-0.05, 0) is 54.4 Å². The Balaban J connectivity index is 2.93. The van der Waals surface area contributed by atoms with Crippen molar-refractivity contribution in [2.45, 2.75) is 52.9 Å². The van der Waals surface area contributed by atoms with Crippen molar-refractivity contribution < 1.29 is 0 Å². The Labute approximate surface area is 107 Å². The Kier molecular flexibility index (Phi) is 5.47. The summed E-state index contributed by atoms with van der Waals surface area (Å²) in [6.45, 7) is 14.9. The molecule has 0 heterocycles. The molecule has 1 atom stereocenters. The van der Waals surface area contributed by atoms with E-state index < -0.39 is 0 Å². The summed E-state index contributed by atoms with van der Waals surface area (Å²) in [6, 6.07) is 0. The van der Waals surface area contributed by atoms with E-state index in [0.29, 0.717) is 5.92 Å². The number of hydrogen-bond acceptors (Lipinski definition) is 0. The summed E-state index contributed by atoms with van der Waals surface area (Å²) < 4.78 is 0. The smallest absolute Gasteiger partial charge is 0.0121 e. The second kappa shape index (κ2) is 6.64.